The quantitative estimate of drug-likeness (QED) is 0.319. The highest BCUT2D eigenvalue weighted by Gasteiger charge is 2.47. The van der Waals surface area contributed by atoms with E-state index in [0.29, 0.717) is 5.22 Å². The zero-order valence-corrected chi connectivity index (χ0v) is 20.3. The first kappa shape index (κ1) is 21.8. The Morgan fingerprint density at radius 1 is 1.03 bits per heavy atom. The fourth-order valence-corrected chi connectivity index (χ4v) is 6.01. The van der Waals surface area contributed by atoms with Gasteiger partial charge in [-0.05, 0) is 56.5 Å². The van der Waals surface area contributed by atoms with Crippen LogP contribution < -0.4 is 4.90 Å². The van der Waals surface area contributed by atoms with Crippen molar-refractivity contribution in [1.29, 1.82) is 0 Å². The van der Waals surface area contributed by atoms with E-state index >= 15 is 0 Å². The molecule has 4 aromatic rings. The summed E-state index contributed by atoms with van der Waals surface area (Å²) in [4.78, 5) is 20.1. The minimum Gasteiger partial charge on any atom is -0.431 e. The molecule has 0 saturated carbocycles. The average molecular weight is 457 g/mol. The van der Waals surface area contributed by atoms with Crippen LogP contribution in [-0.4, -0.2) is 22.2 Å². The third-order valence-corrected chi connectivity index (χ3v) is 7.44. The number of thioether (sulfide) groups is 1. The summed E-state index contributed by atoms with van der Waals surface area (Å²) in [6.45, 7) is 8.76. The Morgan fingerprint density at radius 2 is 1.79 bits per heavy atom. The SMILES string of the molecule is Cc1cccc(C2(C)CC(C)(C)N(C(=O)CSc3nc4ccccc4o3)c3ccccc32)c1. The molecule has 4 nitrogen and oxygen atoms in total. The van der Waals surface area contributed by atoms with E-state index in [-0.39, 0.29) is 22.6 Å². The Labute approximate surface area is 199 Å². The molecular formula is C28H28N2O2S. The lowest BCUT2D eigenvalue weighted by Gasteiger charge is -2.51. The maximum atomic E-state index is 13.6. The molecule has 1 aromatic heterocycles. The van der Waals surface area contributed by atoms with Gasteiger partial charge in [0.15, 0.2) is 5.58 Å². The van der Waals surface area contributed by atoms with Crippen LogP contribution in [0.4, 0.5) is 5.69 Å². The molecule has 0 radical (unpaired) electrons. The van der Waals surface area contributed by atoms with E-state index in [1.807, 2.05) is 35.2 Å². The van der Waals surface area contributed by atoms with Gasteiger partial charge in [-0.3, -0.25) is 4.79 Å². The summed E-state index contributed by atoms with van der Waals surface area (Å²) in [5.41, 5.74) is 5.72. The summed E-state index contributed by atoms with van der Waals surface area (Å²) >= 11 is 1.35. The molecule has 3 aromatic carbocycles. The molecule has 0 bridgehead atoms. The summed E-state index contributed by atoms with van der Waals surface area (Å²) in [7, 11) is 0. The number of hydrogen-bond acceptors (Lipinski definition) is 4. The number of aryl methyl sites for hydroxylation is 1. The molecule has 1 atom stereocenters. The van der Waals surface area contributed by atoms with Gasteiger partial charge < -0.3 is 9.32 Å². The third kappa shape index (κ3) is 3.84. The Balaban J connectivity index is 1.48. The van der Waals surface area contributed by atoms with E-state index in [2.05, 4.69) is 75.1 Å². The highest BCUT2D eigenvalue weighted by atomic mass is 32.2. The maximum absolute atomic E-state index is 13.6. The number of carbonyl (C=O) groups excluding carboxylic acids is 1. The van der Waals surface area contributed by atoms with Gasteiger partial charge in [0.1, 0.15) is 5.52 Å². The van der Waals surface area contributed by atoms with E-state index in [1.165, 1.54) is 28.5 Å². The maximum Gasteiger partial charge on any atom is 0.257 e. The molecule has 1 amide bonds. The van der Waals surface area contributed by atoms with Crippen molar-refractivity contribution in [3.63, 3.8) is 0 Å². The van der Waals surface area contributed by atoms with Crippen LogP contribution in [0.3, 0.4) is 0 Å². The lowest BCUT2D eigenvalue weighted by Crippen LogP contribution is -2.56. The zero-order valence-electron chi connectivity index (χ0n) is 19.5. The van der Waals surface area contributed by atoms with E-state index in [4.69, 9.17) is 4.42 Å². The second-order valence-electron chi connectivity index (χ2n) is 9.67. The van der Waals surface area contributed by atoms with Crippen molar-refractivity contribution in [2.24, 2.45) is 0 Å². The van der Waals surface area contributed by atoms with Crippen molar-refractivity contribution in [2.75, 3.05) is 10.7 Å². The molecule has 5 rings (SSSR count). The fraction of sp³-hybridized carbons (Fsp3) is 0.286. The molecule has 0 N–H and O–H groups in total. The molecule has 1 unspecified atom stereocenters. The second kappa shape index (κ2) is 8.07. The number of oxazole rings is 1. The van der Waals surface area contributed by atoms with E-state index in [1.54, 1.807) is 0 Å². The van der Waals surface area contributed by atoms with Crippen molar-refractivity contribution in [3.05, 3.63) is 89.5 Å². The summed E-state index contributed by atoms with van der Waals surface area (Å²) in [5.74, 6) is 0.331. The van der Waals surface area contributed by atoms with Gasteiger partial charge in [0.2, 0.25) is 5.91 Å². The van der Waals surface area contributed by atoms with Crippen LogP contribution in [0.1, 0.15) is 43.9 Å². The number of benzene rings is 3. The molecule has 2 heterocycles. The predicted octanol–water partition coefficient (Wildman–Crippen LogP) is 6.75. The predicted molar refractivity (Wildman–Crippen MR) is 135 cm³/mol. The van der Waals surface area contributed by atoms with Gasteiger partial charge in [-0.25, -0.2) is 4.98 Å². The molecule has 0 saturated heterocycles. The van der Waals surface area contributed by atoms with Gasteiger partial charge >= 0.3 is 0 Å². The fourth-order valence-electron chi connectivity index (χ4n) is 5.32. The van der Waals surface area contributed by atoms with Crippen molar-refractivity contribution in [3.8, 4) is 0 Å². The Kier molecular flexibility index (Phi) is 5.32. The number of para-hydroxylation sites is 3. The van der Waals surface area contributed by atoms with E-state index in [0.717, 1.165) is 23.2 Å². The number of anilines is 1. The smallest absolute Gasteiger partial charge is 0.257 e. The van der Waals surface area contributed by atoms with E-state index in [9.17, 15) is 4.79 Å². The Morgan fingerprint density at radius 3 is 2.58 bits per heavy atom. The van der Waals surface area contributed by atoms with Gasteiger partial charge in [-0.1, -0.05) is 78.8 Å². The largest absolute Gasteiger partial charge is 0.431 e. The number of nitrogens with zero attached hydrogens (tertiary/aromatic N) is 2. The Bertz CT molecular complexity index is 1310. The summed E-state index contributed by atoms with van der Waals surface area (Å²) in [6, 6.07) is 24.7. The van der Waals surface area contributed by atoms with Crippen LogP contribution in [-0.2, 0) is 10.2 Å². The molecular weight excluding hydrogens is 428 g/mol. The van der Waals surface area contributed by atoms with Gasteiger partial charge in [0.05, 0.1) is 5.75 Å². The lowest BCUT2D eigenvalue weighted by atomic mass is 9.65. The minimum absolute atomic E-state index is 0.0611. The number of carbonyl (C=O) groups is 1. The summed E-state index contributed by atoms with van der Waals surface area (Å²) < 4.78 is 5.81. The highest BCUT2D eigenvalue weighted by molar-refractivity contribution is 7.99. The zero-order chi connectivity index (χ0) is 23.2. The summed E-state index contributed by atoms with van der Waals surface area (Å²) in [6.07, 6.45) is 0.833. The van der Waals surface area contributed by atoms with Crippen LogP contribution in [0.5, 0.6) is 0 Å². The Hall–Kier alpha value is -3.05. The molecule has 1 aliphatic heterocycles. The third-order valence-electron chi connectivity index (χ3n) is 6.63. The monoisotopic (exact) mass is 456 g/mol. The molecule has 168 valence electrons. The topological polar surface area (TPSA) is 46.3 Å². The van der Waals surface area contributed by atoms with Crippen LogP contribution in [0.2, 0.25) is 0 Å². The summed E-state index contributed by atoms with van der Waals surface area (Å²) in [5, 5.41) is 0.525. The standard InChI is InChI=1S/C28H28N2O2S/c1-19-10-9-11-20(16-19)28(4)18-27(2,3)30(23-14-7-5-12-21(23)28)25(31)17-33-26-29-22-13-6-8-15-24(22)32-26/h5-16H,17-18H2,1-4H3. The molecule has 33 heavy (non-hydrogen) atoms. The molecule has 0 aliphatic carbocycles. The number of aromatic nitrogens is 1. The first-order valence-electron chi connectivity index (χ1n) is 11.3. The van der Waals surface area contributed by atoms with Gasteiger partial charge in [-0.2, -0.15) is 0 Å². The first-order valence-corrected chi connectivity index (χ1v) is 12.2. The highest BCUT2D eigenvalue weighted by Crippen LogP contribution is 2.50. The number of hydrogen-bond donors (Lipinski definition) is 0. The van der Waals surface area contributed by atoms with Crippen LogP contribution in [0, 0.1) is 6.92 Å². The number of fused-ring (bicyclic) bond motifs is 2. The van der Waals surface area contributed by atoms with E-state index < -0.39 is 0 Å². The van der Waals surface area contributed by atoms with Crippen LogP contribution >= 0.6 is 11.8 Å². The molecule has 0 spiro atoms. The molecule has 0 fully saturated rings. The minimum atomic E-state index is -0.355. The van der Waals surface area contributed by atoms with Crippen molar-refractivity contribution in [2.45, 2.75) is 50.3 Å². The molecule has 1 aliphatic rings. The van der Waals surface area contributed by atoms with Gasteiger partial charge in [0.25, 0.3) is 5.22 Å². The van der Waals surface area contributed by atoms with Gasteiger partial charge in [0, 0.05) is 16.6 Å². The van der Waals surface area contributed by atoms with Crippen molar-refractivity contribution < 1.29 is 9.21 Å². The lowest BCUT2D eigenvalue weighted by molar-refractivity contribution is -0.117. The van der Waals surface area contributed by atoms with Crippen molar-refractivity contribution in [1.82, 2.24) is 4.98 Å². The normalized spacial score (nSPS) is 19.5. The second-order valence-corrected chi connectivity index (χ2v) is 10.6. The first-order chi connectivity index (χ1) is 15.8. The van der Waals surface area contributed by atoms with Crippen LogP contribution in [0.25, 0.3) is 11.1 Å². The average Bonchev–Trinajstić information content (AvgIpc) is 3.20. The number of rotatable bonds is 4. The molecule has 5 heteroatoms. The van der Waals surface area contributed by atoms with Crippen LogP contribution in [0.15, 0.2) is 82.4 Å². The van der Waals surface area contributed by atoms with Gasteiger partial charge in [-0.15, -0.1) is 0 Å². The number of amides is 1. The van der Waals surface area contributed by atoms with Crippen molar-refractivity contribution >= 4 is 34.5 Å².